The van der Waals surface area contributed by atoms with E-state index in [0.717, 1.165) is 3.97 Å². The first kappa shape index (κ1) is 12.6. The SMILES string of the molecule is CC(=O)c1ccc(C)n1S(=O)(=O)c1ccccc1. The third-order valence-electron chi connectivity index (χ3n) is 2.66. The Morgan fingerprint density at radius 1 is 1.06 bits per heavy atom. The first-order valence-electron chi connectivity index (χ1n) is 5.44. The largest absolute Gasteiger partial charge is 0.293 e. The average Bonchev–Trinajstić information content (AvgIpc) is 2.73. The Hall–Kier alpha value is -1.88. The summed E-state index contributed by atoms with van der Waals surface area (Å²) in [6, 6.07) is 11.2. The van der Waals surface area contributed by atoms with Gasteiger partial charge in [-0.15, -0.1) is 0 Å². The van der Waals surface area contributed by atoms with Gasteiger partial charge in [0.25, 0.3) is 10.0 Å². The van der Waals surface area contributed by atoms with Crippen LogP contribution in [0.15, 0.2) is 47.4 Å². The number of benzene rings is 1. The van der Waals surface area contributed by atoms with E-state index in [0.29, 0.717) is 5.69 Å². The maximum atomic E-state index is 12.5. The van der Waals surface area contributed by atoms with E-state index < -0.39 is 10.0 Å². The van der Waals surface area contributed by atoms with Crippen LogP contribution in [0.1, 0.15) is 23.1 Å². The zero-order valence-electron chi connectivity index (χ0n) is 10.1. The van der Waals surface area contributed by atoms with E-state index >= 15 is 0 Å². The second-order valence-corrected chi connectivity index (χ2v) is 5.79. The van der Waals surface area contributed by atoms with Crippen LogP contribution in [0.2, 0.25) is 0 Å². The molecule has 0 bridgehead atoms. The maximum Gasteiger partial charge on any atom is 0.268 e. The smallest absolute Gasteiger partial charge is 0.268 e. The molecule has 0 amide bonds. The third-order valence-corrected chi connectivity index (χ3v) is 4.50. The quantitative estimate of drug-likeness (QED) is 0.798. The molecule has 0 aliphatic heterocycles. The predicted octanol–water partition coefficient (Wildman–Crippen LogP) is 2.24. The molecule has 94 valence electrons. The standard InChI is InChI=1S/C13H13NO3S/c1-10-8-9-13(11(2)15)14(10)18(16,17)12-6-4-3-5-7-12/h3-9H,1-2H3. The average molecular weight is 263 g/mol. The van der Waals surface area contributed by atoms with Gasteiger partial charge in [-0.2, -0.15) is 0 Å². The Morgan fingerprint density at radius 3 is 2.22 bits per heavy atom. The summed E-state index contributed by atoms with van der Waals surface area (Å²) in [5, 5.41) is 0. The van der Waals surface area contributed by atoms with Crippen LogP contribution < -0.4 is 0 Å². The van der Waals surface area contributed by atoms with Gasteiger partial charge < -0.3 is 0 Å². The predicted molar refractivity (Wildman–Crippen MR) is 68.2 cm³/mol. The van der Waals surface area contributed by atoms with Crippen LogP contribution in [0.3, 0.4) is 0 Å². The second kappa shape index (κ2) is 4.42. The van der Waals surface area contributed by atoms with E-state index in [1.165, 1.54) is 25.1 Å². The third kappa shape index (κ3) is 1.97. The minimum atomic E-state index is -3.71. The molecule has 5 heteroatoms. The summed E-state index contributed by atoms with van der Waals surface area (Å²) >= 11 is 0. The molecule has 0 unspecified atom stereocenters. The molecule has 0 radical (unpaired) electrons. The van der Waals surface area contributed by atoms with Gasteiger partial charge in [-0.05, 0) is 31.2 Å². The van der Waals surface area contributed by atoms with Gasteiger partial charge in [-0.1, -0.05) is 18.2 Å². The summed E-state index contributed by atoms with van der Waals surface area (Å²) in [5.41, 5.74) is 0.695. The summed E-state index contributed by atoms with van der Waals surface area (Å²) < 4.78 is 26.0. The van der Waals surface area contributed by atoms with E-state index in [-0.39, 0.29) is 16.4 Å². The molecule has 0 N–H and O–H groups in total. The minimum absolute atomic E-state index is 0.173. The molecule has 0 spiro atoms. The molecule has 1 aromatic heterocycles. The molecule has 1 heterocycles. The fourth-order valence-electron chi connectivity index (χ4n) is 1.80. The number of ketones is 1. The van der Waals surface area contributed by atoms with Gasteiger partial charge in [0.05, 0.1) is 10.6 Å². The summed E-state index contributed by atoms with van der Waals surface area (Å²) in [6.07, 6.45) is 0. The van der Waals surface area contributed by atoms with Crippen LogP contribution in [0, 0.1) is 6.92 Å². The molecule has 0 saturated carbocycles. The highest BCUT2D eigenvalue weighted by atomic mass is 32.2. The number of aryl methyl sites for hydroxylation is 1. The highest BCUT2D eigenvalue weighted by Gasteiger charge is 2.22. The molecule has 0 fully saturated rings. The summed E-state index contributed by atoms with van der Waals surface area (Å²) in [5.74, 6) is -0.275. The second-order valence-electron chi connectivity index (χ2n) is 4.00. The zero-order valence-corrected chi connectivity index (χ0v) is 10.9. The number of nitrogens with zero attached hydrogens (tertiary/aromatic N) is 1. The van der Waals surface area contributed by atoms with Crippen molar-refractivity contribution in [1.82, 2.24) is 3.97 Å². The summed E-state index contributed by atoms with van der Waals surface area (Å²) in [7, 11) is -3.71. The maximum absolute atomic E-state index is 12.5. The molecular weight excluding hydrogens is 250 g/mol. The number of carbonyl (C=O) groups is 1. The highest BCUT2D eigenvalue weighted by Crippen LogP contribution is 2.19. The minimum Gasteiger partial charge on any atom is -0.293 e. The van der Waals surface area contributed by atoms with Gasteiger partial charge >= 0.3 is 0 Å². The molecule has 4 nitrogen and oxygen atoms in total. The molecule has 0 aliphatic carbocycles. The van der Waals surface area contributed by atoms with Crippen molar-refractivity contribution < 1.29 is 13.2 Å². The Bertz CT molecular complexity index is 684. The topological polar surface area (TPSA) is 56.1 Å². The van der Waals surface area contributed by atoms with E-state index in [4.69, 9.17) is 0 Å². The molecule has 0 aliphatic rings. The van der Waals surface area contributed by atoms with Crippen LogP contribution in [-0.2, 0) is 10.0 Å². The number of hydrogen-bond donors (Lipinski definition) is 0. The molecule has 2 aromatic rings. The first-order valence-corrected chi connectivity index (χ1v) is 6.88. The number of hydrogen-bond acceptors (Lipinski definition) is 3. The molecule has 1 aromatic carbocycles. The van der Waals surface area contributed by atoms with Crippen molar-refractivity contribution in [2.75, 3.05) is 0 Å². The Kier molecular flexibility index (Phi) is 3.09. The van der Waals surface area contributed by atoms with Crippen LogP contribution in [-0.4, -0.2) is 18.2 Å². The Balaban J connectivity index is 2.69. The van der Waals surface area contributed by atoms with Crippen molar-refractivity contribution in [3.8, 4) is 0 Å². The van der Waals surface area contributed by atoms with Crippen molar-refractivity contribution in [3.05, 3.63) is 53.9 Å². The summed E-state index contributed by atoms with van der Waals surface area (Å²) in [4.78, 5) is 11.6. The number of aromatic nitrogens is 1. The highest BCUT2D eigenvalue weighted by molar-refractivity contribution is 7.90. The van der Waals surface area contributed by atoms with E-state index in [1.807, 2.05) is 0 Å². The number of Topliss-reactive ketones (excluding diaryl/α,β-unsaturated/α-hetero) is 1. The fraction of sp³-hybridized carbons (Fsp3) is 0.154. The molecule has 0 saturated heterocycles. The van der Waals surface area contributed by atoms with Gasteiger partial charge in [-0.3, -0.25) is 4.79 Å². The van der Waals surface area contributed by atoms with Crippen LogP contribution >= 0.6 is 0 Å². The van der Waals surface area contributed by atoms with E-state index in [2.05, 4.69) is 0 Å². The van der Waals surface area contributed by atoms with Gasteiger partial charge in [0.2, 0.25) is 0 Å². The lowest BCUT2D eigenvalue weighted by molar-refractivity contribution is 0.101. The normalized spacial score (nSPS) is 11.4. The van der Waals surface area contributed by atoms with Crippen LogP contribution in [0.5, 0.6) is 0 Å². The van der Waals surface area contributed by atoms with E-state index in [9.17, 15) is 13.2 Å². The van der Waals surface area contributed by atoms with Gasteiger partial charge in [0, 0.05) is 12.6 Å². The van der Waals surface area contributed by atoms with Gasteiger partial charge in [0.15, 0.2) is 5.78 Å². The van der Waals surface area contributed by atoms with Gasteiger partial charge in [0.1, 0.15) is 0 Å². The monoisotopic (exact) mass is 263 g/mol. The van der Waals surface area contributed by atoms with Crippen LogP contribution in [0.25, 0.3) is 0 Å². The van der Waals surface area contributed by atoms with Crippen molar-refractivity contribution in [1.29, 1.82) is 0 Å². The van der Waals surface area contributed by atoms with Crippen molar-refractivity contribution in [2.24, 2.45) is 0 Å². The van der Waals surface area contributed by atoms with Crippen molar-refractivity contribution >= 4 is 15.8 Å². The summed E-state index contributed by atoms with van der Waals surface area (Å²) in [6.45, 7) is 3.01. The van der Waals surface area contributed by atoms with E-state index in [1.54, 1.807) is 31.2 Å². The number of carbonyl (C=O) groups excluding carboxylic acids is 1. The lowest BCUT2D eigenvalue weighted by atomic mass is 10.3. The molecule has 2 rings (SSSR count). The zero-order chi connectivity index (χ0) is 13.3. The van der Waals surface area contributed by atoms with Crippen molar-refractivity contribution in [2.45, 2.75) is 18.7 Å². The number of rotatable bonds is 3. The van der Waals surface area contributed by atoms with Crippen molar-refractivity contribution in [3.63, 3.8) is 0 Å². The lowest BCUT2D eigenvalue weighted by Gasteiger charge is -2.11. The molecular formula is C13H13NO3S. The fourth-order valence-corrected chi connectivity index (χ4v) is 3.40. The van der Waals surface area contributed by atoms with Crippen LogP contribution in [0.4, 0.5) is 0 Å². The molecule has 18 heavy (non-hydrogen) atoms. The Morgan fingerprint density at radius 2 is 1.67 bits per heavy atom. The molecule has 0 atom stereocenters. The Labute approximate surface area is 106 Å². The lowest BCUT2D eigenvalue weighted by Crippen LogP contribution is -2.18. The van der Waals surface area contributed by atoms with Gasteiger partial charge in [-0.25, -0.2) is 12.4 Å². The first-order chi connectivity index (χ1) is 8.44.